The number of halogens is 4. The minimum absolute atomic E-state index is 0.0699. The highest BCUT2D eigenvalue weighted by Gasteiger charge is 2.16. The lowest BCUT2D eigenvalue weighted by atomic mass is 10.1. The van der Waals surface area contributed by atoms with Crippen LogP contribution in [0.5, 0.6) is 5.75 Å². The molecule has 3 rings (SSSR count). The Labute approximate surface area is 133 Å². The van der Waals surface area contributed by atoms with Crippen molar-refractivity contribution in [2.45, 2.75) is 6.42 Å². The quantitative estimate of drug-likeness (QED) is 0.645. The zero-order valence-corrected chi connectivity index (χ0v) is 12.4. The Morgan fingerprint density at radius 1 is 0.870 bits per heavy atom. The molecule has 0 atom stereocenters. The summed E-state index contributed by atoms with van der Waals surface area (Å²) in [5, 5.41) is 9.32. The SMILES string of the molecule is Oc1ccc(F)c(Cc2ccc(-c3ccc(F)cc3F)s2)c1F. The average Bonchev–Trinajstić information content (AvgIpc) is 2.96. The van der Waals surface area contributed by atoms with Crippen LogP contribution >= 0.6 is 11.3 Å². The molecule has 1 N–H and O–H groups in total. The van der Waals surface area contributed by atoms with Gasteiger partial charge in [-0.15, -0.1) is 11.3 Å². The van der Waals surface area contributed by atoms with Gasteiger partial charge in [0.1, 0.15) is 17.5 Å². The second kappa shape index (κ2) is 6.04. The molecule has 0 amide bonds. The number of phenols is 1. The summed E-state index contributed by atoms with van der Waals surface area (Å²) < 4.78 is 54.2. The smallest absolute Gasteiger partial charge is 0.171 e. The fourth-order valence-corrected chi connectivity index (χ4v) is 3.28. The first-order valence-electron chi connectivity index (χ1n) is 6.65. The van der Waals surface area contributed by atoms with Crippen molar-refractivity contribution in [3.8, 4) is 16.2 Å². The first-order chi connectivity index (χ1) is 11.0. The van der Waals surface area contributed by atoms with Gasteiger partial charge >= 0.3 is 0 Å². The van der Waals surface area contributed by atoms with E-state index >= 15 is 0 Å². The Bertz CT molecular complexity index is 873. The van der Waals surface area contributed by atoms with Gasteiger partial charge in [-0.1, -0.05) is 0 Å². The summed E-state index contributed by atoms with van der Waals surface area (Å²) in [4.78, 5) is 1.12. The first kappa shape index (κ1) is 15.6. The molecule has 0 radical (unpaired) electrons. The van der Waals surface area contributed by atoms with E-state index in [1.54, 1.807) is 12.1 Å². The van der Waals surface area contributed by atoms with Gasteiger partial charge in [-0.25, -0.2) is 17.6 Å². The van der Waals surface area contributed by atoms with E-state index in [1.165, 1.54) is 6.07 Å². The standard InChI is InChI=1S/C17H10F4OS/c18-9-1-3-11(14(20)7-9)16-6-2-10(23-16)8-12-13(19)4-5-15(22)17(12)21/h1-7,22H,8H2. The molecular weight excluding hydrogens is 328 g/mol. The number of hydrogen-bond donors (Lipinski definition) is 1. The van der Waals surface area contributed by atoms with Crippen LogP contribution in [0.15, 0.2) is 42.5 Å². The largest absolute Gasteiger partial charge is 0.505 e. The lowest BCUT2D eigenvalue weighted by Crippen LogP contribution is -1.96. The van der Waals surface area contributed by atoms with Gasteiger partial charge in [0, 0.05) is 33.4 Å². The van der Waals surface area contributed by atoms with Gasteiger partial charge in [-0.05, 0) is 36.4 Å². The van der Waals surface area contributed by atoms with Gasteiger partial charge in [-0.2, -0.15) is 0 Å². The Kier molecular flexibility index (Phi) is 4.09. The second-order valence-electron chi connectivity index (χ2n) is 4.93. The summed E-state index contributed by atoms with van der Waals surface area (Å²) in [6.45, 7) is 0. The third-order valence-electron chi connectivity index (χ3n) is 3.37. The highest BCUT2D eigenvalue weighted by molar-refractivity contribution is 7.15. The topological polar surface area (TPSA) is 20.2 Å². The van der Waals surface area contributed by atoms with Crippen molar-refractivity contribution in [3.05, 3.63) is 76.2 Å². The van der Waals surface area contributed by atoms with Crippen molar-refractivity contribution in [1.82, 2.24) is 0 Å². The fourth-order valence-electron chi connectivity index (χ4n) is 2.23. The molecule has 6 heteroatoms. The van der Waals surface area contributed by atoms with Crippen LogP contribution in [0.3, 0.4) is 0 Å². The van der Waals surface area contributed by atoms with E-state index in [9.17, 15) is 22.7 Å². The monoisotopic (exact) mass is 338 g/mol. The van der Waals surface area contributed by atoms with Crippen molar-refractivity contribution in [2.24, 2.45) is 0 Å². The molecule has 0 fully saturated rings. The molecule has 1 aromatic heterocycles. The van der Waals surface area contributed by atoms with Gasteiger partial charge in [0.25, 0.3) is 0 Å². The van der Waals surface area contributed by atoms with E-state index in [4.69, 9.17) is 0 Å². The van der Waals surface area contributed by atoms with Crippen molar-refractivity contribution >= 4 is 11.3 Å². The van der Waals surface area contributed by atoms with Crippen LogP contribution in [0, 0.1) is 23.3 Å². The molecule has 23 heavy (non-hydrogen) atoms. The van der Waals surface area contributed by atoms with E-state index in [1.807, 2.05) is 0 Å². The maximum Gasteiger partial charge on any atom is 0.171 e. The number of benzene rings is 2. The molecule has 0 saturated carbocycles. The maximum atomic E-state index is 13.8. The number of aromatic hydroxyl groups is 1. The Hall–Kier alpha value is -2.34. The molecule has 0 unspecified atom stereocenters. The number of rotatable bonds is 3. The van der Waals surface area contributed by atoms with Crippen molar-refractivity contribution in [3.63, 3.8) is 0 Å². The average molecular weight is 338 g/mol. The summed E-state index contributed by atoms with van der Waals surface area (Å²) in [6.07, 6.45) is -0.0699. The van der Waals surface area contributed by atoms with E-state index in [0.29, 0.717) is 9.75 Å². The summed E-state index contributed by atoms with van der Waals surface area (Å²) >= 11 is 1.15. The Morgan fingerprint density at radius 2 is 1.65 bits per heavy atom. The van der Waals surface area contributed by atoms with Crippen LogP contribution in [0.1, 0.15) is 10.4 Å². The van der Waals surface area contributed by atoms with Gasteiger partial charge in [0.15, 0.2) is 11.6 Å². The normalized spacial score (nSPS) is 11.0. The maximum absolute atomic E-state index is 13.8. The second-order valence-corrected chi connectivity index (χ2v) is 6.09. The highest BCUT2D eigenvalue weighted by Crippen LogP contribution is 2.33. The van der Waals surface area contributed by atoms with E-state index < -0.39 is 29.0 Å². The molecule has 0 aliphatic rings. The number of hydrogen-bond acceptors (Lipinski definition) is 2. The van der Waals surface area contributed by atoms with E-state index in [0.717, 1.165) is 35.6 Å². The summed E-state index contributed by atoms with van der Waals surface area (Å²) in [5.41, 5.74) is -0.0301. The molecule has 0 aliphatic carbocycles. The predicted molar refractivity (Wildman–Crippen MR) is 80.5 cm³/mol. The Morgan fingerprint density at radius 3 is 2.39 bits per heavy atom. The number of phenolic OH excluding ortho intramolecular Hbond substituents is 1. The molecule has 0 saturated heterocycles. The molecule has 0 spiro atoms. The lowest BCUT2D eigenvalue weighted by Gasteiger charge is -2.05. The van der Waals surface area contributed by atoms with Crippen LogP contribution in [-0.4, -0.2) is 5.11 Å². The Balaban J connectivity index is 1.93. The molecule has 1 heterocycles. The molecule has 3 aromatic rings. The molecule has 118 valence electrons. The summed E-state index contributed by atoms with van der Waals surface area (Å²) in [6, 6.07) is 8.40. The van der Waals surface area contributed by atoms with Gasteiger partial charge in [-0.3, -0.25) is 0 Å². The van der Waals surface area contributed by atoms with Crippen molar-refractivity contribution in [2.75, 3.05) is 0 Å². The van der Waals surface area contributed by atoms with Crippen LogP contribution in [0.2, 0.25) is 0 Å². The van der Waals surface area contributed by atoms with Crippen LogP contribution in [-0.2, 0) is 6.42 Å². The van der Waals surface area contributed by atoms with Crippen molar-refractivity contribution in [1.29, 1.82) is 0 Å². The van der Waals surface area contributed by atoms with Gasteiger partial charge in [0.05, 0.1) is 0 Å². The summed E-state index contributed by atoms with van der Waals surface area (Å²) in [7, 11) is 0. The zero-order valence-electron chi connectivity index (χ0n) is 11.6. The predicted octanol–water partition coefficient (Wildman–Crippen LogP) is 5.27. The lowest BCUT2D eigenvalue weighted by molar-refractivity contribution is 0.423. The molecule has 1 nitrogen and oxygen atoms in total. The minimum atomic E-state index is -1.01. The molecular formula is C17H10F4OS. The van der Waals surface area contributed by atoms with Gasteiger partial charge < -0.3 is 5.11 Å². The highest BCUT2D eigenvalue weighted by atomic mass is 32.1. The molecule has 2 aromatic carbocycles. The van der Waals surface area contributed by atoms with E-state index in [-0.39, 0.29) is 17.5 Å². The molecule has 0 aliphatic heterocycles. The van der Waals surface area contributed by atoms with E-state index in [2.05, 4.69) is 0 Å². The summed E-state index contributed by atoms with van der Waals surface area (Å²) in [5.74, 6) is -3.76. The van der Waals surface area contributed by atoms with Crippen molar-refractivity contribution < 1.29 is 22.7 Å². The first-order valence-corrected chi connectivity index (χ1v) is 7.47. The number of thiophene rings is 1. The fraction of sp³-hybridized carbons (Fsp3) is 0.0588. The third-order valence-corrected chi connectivity index (χ3v) is 4.49. The third kappa shape index (κ3) is 3.07. The zero-order chi connectivity index (χ0) is 16.6. The molecule has 0 bridgehead atoms. The van der Waals surface area contributed by atoms with Crippen LogP contribution in [0.25, 0.3) is 10.4 Å². The van der Waals surface area contributed by atoms with Gasteiger partial charge in [0.2, 0.25) is 0 Å². The van der Waals surface area contributed by atoms with Crippen LogP contribution in [0.4, 0.5) is 17.6 Å². The van der Waals surface area contributed by atoms with Crippen LogP contribution < -0.4 is 0 Å². The minimum Gasteiger partial charge on any atom is -0.505 e.